The zero-order valence-electron chi connectivity index (χ0n) is 18.8. The number of amides is 1. The molecule has 1 aliphatic heterocycles. The minimum Gasteiger partial charge on any atom is -0.494 e. The second-order valence-electron chi connectivity index (χ2n) is 9.24. The van der Waals surface area contributed by atoms with Crippen LogP contribution >= 0.6 is 0 Å². The van der Waals surface area contributed by atoms with Crippen molar-refractivity contribution in [3.05, 3.63) is 54.1 Å². The fraction of sp³-hybridized carbons (Fsp3) is 0.480. The van der Waals surface area contributed by atoms with E-state index in [9.17, 15) is 4.79 Å². The Hall–Kier alpha value is -2.53. The molecule has 0 spiro atoms. The van der Waals surface area contributed by atoms with Gasteiger partial charge in [-0.3, -0.25) is 4.79 Å². The highest BCUT2D eigenvalue weighted by Gasteiger charge is 2.19. The highest BCUT2D eigenvalue weighted by molar-refractivity contribution is 5.94. The summed E-state index contributed by atoms with van der Waals surface area (Å²) in [5.74, 6) is 0.889. The molecule has 0 unspecified atom stereocenters. The average molecular weight is 411 g/mol. The molecule has 0 aromatic heterocycles. The Morgan fingerprint density at radius 2 is 1.73 bits per heavy atom. The summed E-state index contributed by atoms with van der Waals surface area (Å²) < 4.78 is 5.81. The first-order chi connectivity index (χ1) is 14.3. The Morgan fingerprint density at radius 3 is 2.40 bits per heavy atom. The van der Waals surface area contributed by atoms with E-state index in [1.54, 1.807) is 4.90 Å². The zero-order chi connectivity index (χ0) is 21.6. The van der Waals surface area contributed by atoms with Crippen LogP contribution in [0.3, 0.4) is 0 Å². The number of quaternary nitrogens is 1. The molecule has 5 nitrogen and oxygen atoms in total. The number of para-hydroxylation sites is 2. The van der Waals surface area contributed by atoms with Gasteiger partial charge in [0.25, 0.3) is 0 Å². The Bertz CT molecular complexity index is 819. The molecule has 1 fully saturated rings. The summed E-state index contributed by atoms with van der Waals surface area (Å²) in [6.45, 7) is 11.4. The van der Waals surface area contributed by atoms with Gasteiger partial charge in [0.05, 0.1) is 51.2 Å². The van der Waals surface area contributed by atoms with Crippen molar-refractivity contribution in [2.75, 3.05) is 50.1 Å². The number of hydrogen-bond donors (Lipinski definition) is 2. The van der Waals surface area contributed by atoms with Gasteiger partial charge in [-0.05, 0) is 41.7 Å². The first-order valence-corrected chi connectivity index (χ1v) is 11.0. The quantitative estimate of drug-likeness (QED) is 0.690. The van der Waals surface area contributed by atoms with Crippen molar-refractivity contribution in [3.8, 4) is 5.75 Å². The number of nitrogens with zero attached hydrogens (tertiary/aromatic N) is 1. The third kappa shape index (κ3) is 6.23. The van der Waals surface area contributed by atoms with Gasteiger partial charge in [-0.2, -0.15) is 0 Å². The summed E-state index contributed by atoms with van der Waals surface area (Å²) in [7, 11) is 2.23. The predicted molar refractivity (Wildman–Crippen MR) is 124 cm³/mol. The number of anilines is 2. The first-order valence-electron chi connectivity index (χ1n) is 11.0. The second kappa shape index (κ2) is 9.98. The van der Waals surface area contributed by atoms with E-state index < -0.39 is 0 Å². The minimum absolute atomic E-state index is 0.0360. The second-order valence-corrected chi connectivity index (χ2v) is 9.24. The summed E-state index contributed by atoms with van der Waals surface area (Å²) in [5, 5.41) is 3.10. The van der Waals surface area contributed by atoms with Crippen molar-refractivity contribution < 1.29 is 14.4 Å². The molecule has 1 aliphatic rings. The summed E-state index contributed by atoms with van der Waals surface area (Å²) in [4.78, 5) is 16.4. The molecule has 0 radical (unpaired) electrons. The number of carbonyl (C=O) groups is 1. The third-order valence-electron chi connectivity index (χ3n) is 5.67. The molecule has 30 heavy (non-hydrogen) atoms. The highest BCUT2D eigenvalue weighted by atomic mass is 16.5. The van der Waals surface area contributed by atoms with Crippen LogP contribution in [0.5, 0.6) is 5.75 Å². The molecule has 5 heteroatoms. The number of benzene rings is 2. The van der Waals surface area contributed by atoms with Crippen LogP contribution in [0.4, 0.5) is 11.4 Å². The lowest BCUT2D eigenvalue weighted by molar-refractivity contribution is -0.880. The molecule has 0 aliphatic carbocycles. The Balaban J connectivity index is 1.45. The largest absolute Gasteiger partial charge is 0.494 e. The Kier molecular flexibility index (Phi) is 7.38. The molecule has 3 rings (SSSR count). The highest BCUT2D eigenvalue weighted by Crippen LogP contribution is 2.26. The molecular weight excluding hydrogens is 374 g/mol. The molecule has 0 bridgehead atoms. The zero-order valence-corrected chi connectivity index (χ0v) is 18.8. The van der Waals surface area contributed by atoms with E-state index in [0.29, 0.717) is 19.4 Å². The van der Waals surface area contributed by atoms with Crippen molar-refractivity contribution in [3.63, 3.8) is 0 Å². The fourth-order valence-electron chi connectivity index (χ4n) is 3.67. The lowest BCUT2D eigenvalue weighted by Crippen LogP contribution is -3.12. The molecule has 1 amide bonds. The number of piperazine rings is 1. The number of nitrogens with one attached hydrogen (secondary N) is 2. The normalized spacial score (nSPS) is 15.1. The van der Waals surface area contributed by atoms with Crippen LogP contribution in [0.1, 0.15) is 39.2 Å². The van der Waals surface area contributed by atoms with Crippen LogP contribution in [0.15, 0.2) is 48.5 Å². The van der Waals surface area contributed by atoms with Gasteiger partial charge in [0.2, 0.25) is 5.91 Å². The van der Waals surface area contributed by atoms with E-state index >= 15 is 0 Å². The molecule has 2 aromatic rings. The number of ether oxygens (including phenoxy) is 1. The van der Waals surface area contributed by atoms with Gasteiger partial charge >= 0.3 is 0 Å². The molecule has 0 saturated carbocycles. The van der Waals surface area contributed by atoms with Crippen molar-refractivity contribution >= 4 is 17.3 Å². The monoisotopic (exact) mass is 410 g/mol. The van der Waals surface area contributed by atoms with E-state index in [1.165, 1.54) is 5.56 Å². The molecule has 162 valence electrons. The maximum absolute atomic E-state index is 12.5. The summed E-state index contributed by atoms with van der Waals surface area (Å²) >= 11 is 0. The van der Waals surface area contributed by atoms with Crippen LogP contribution < -0.4 is 19.9 Å². The van der Waals surface area contributed by atoms with Crippen molar-refractivity contribution in [1.29, 1.82) is 0 Å². The van der Waals surface area contributed by atoms with E-state index in [-0.39, 0.29) is 11.3 Å². The molecule has 2 aromatic carbocycles. The third-order valence-corrected chi connectivity index (χ3v) is 5.67. The average Bonchev–Trinajstić information content (AvgIpc) is 2.72. The number of carbonyl (C=O) groups excluding carboxylic acids is 1. The SMILES string of the molecule is C[NH+]1CCN(c2ccccc2NC(=O)CCCOc2ccc(C(C)(C)C)cc2)CC1. The van der Waals surface area contributed by atoms with E-state index in [1.807, 2.05) is 30.3 Å². The fourth-order valence-corrected chi connectivity index (χ4v) is 3.67. The summed E-state index contributed by atoms with van der Waals surface area (Å²) in [5.41, 5.74) is 3.45. The van der Waals surface area contributed by atoms with Gasteiger partial charge in [-0.15, -0.1) is 0 Å². The van der Waals surface area contributed by atoms with Crippen molar-refractivity contribution in [2.45, 2.75) is 39.0 Å². The van der Waals surface area contributed by atoms with Gasteiger partial charge in [0, 0.05) is 6.42 Å². The molecule has 1 saturated heterocycles. The van der Waals surface area contributed by atoms with Crippen LogP contribution in [0, 0.1) is 0 Å². The topological polar surface area (TPSA) is 46.0 Å². The van der Waals surface area contributed by atoms with Gasteiger partial charge in [0.15, 0.2) is 0 Å². The van der Waals surface area contributed by atoms with Crippen LogP contribution in [-0.2, 0) is 10.2 Å². The first kappa shape index (κ1) is 22.2. The molecule has 0 atom stereocenters. The number of rotatable bonds is 7. The van der Waals surface area contributed by atoms with Crippen molar-refractivity contribution in [2.24, 2.45) is 0 Å². The maximum atomic E-state index is 12.5. The van der Waals surface area contributed by atoms with Gasteiger partial charge in [0.1, 0.15) is 5.75 Å². The molecular formula is C25H36N3O2+. The van der Waals surface area contributed by atoms with Gasteiger partial charge < -0.3 is 19.9 Å². The van der Waals surface area contributed by atoms with Crippen LogP contribution in [-0.4, -0.2) is 45.7 Å². The molecule has 1 heterocycles. The van der Waals surface area contributed by atoms with E-state index in [0.717, 1.165) is 43.3 Å². The van der Waals surface area contributed by atoms with Gasteiger partial charge in [-0.25, -0.2) is 0 Å². The Labute approximate surface area is 181 Å². The van der Waals surface area contributed by atoms with Gasteiger partial charge in [-0.1, -0.05) is 45.0 Å². The maximum Gasteiger partial charge on any atom is 0.224 e. The smallest absolute Gasteiger partial charge is 0.224 e. The molecule has 2 N–H and O–H groups in total. The Morgan fingerprint density at radius 1 is 1.07 bits per heavy atom. The number of hydrogen-bond acceptors (Lipinski definition) is 3. The van der Waals surface area contributed by atoms with E-state index in [4.69, 9.17) is 4.74 Å². The minimum atomic E-state index is 0.0360. The lowest BCUT2D eigenvalue weighted by Gasteiger charge is -2.33. The lowest BCUT2D eigenvalue weighted by atomic mass is 9.87. The van der Waals surface area contributed by atoms with Crippen LogP contribution in [0.2, 0.25) is 0 Å². The van der Waals surface area contributed by atoms with E-state index in [2.05, 4.69) is 56.2 Å². The summed E-state index contributed by atoms with van der Waals surface area (Å²) in [6, 6.07) is 16.3. The number of likely N-dealkylation sites (N-methyl/N-ethyl adjacent to an activating group) is 1. The van der Waals surface area contributed by atoms with Crippen LogP contribution in [0.25, 0.3) is 0 Å². The standard InChI is InChI=1S/C25H35N3O2/c1-25(2,3)20-11-13-21(14-12-20)30-19-7-10-24(29)26-22-8-5-6-9-23(22)28-17-15-27(4)16-18-28/h5-6,8-9,11-14H,7,10,15-19H2,1-4H3,(H,26,29)/p+1. The summed E-state index contributed by atoms with van der Waals surface area (Å²) in [6.07, 6.45) is 1.13. The van der Waals surface area contributed by atoms with Crippen molar-refractivity contribution in [1.82, 2.24) is 0 Å². The predicted octanol–water partition coefficient (Wildman–Crippen LogP) is 3.12.